The van der Waals surface area contributed by atoms with Gasteiger partial charge in [0.25, 0.3) is 0 Å². The molecule has 0 aromatic carbocycles. The van der Waals surface area contributed by atoms with E-state index < -0.39 is 19.5 Å². The molecule has 1 N–H and O–H groups in total. The molecular formula is C15H30O2Si. The lowest BCUT2D eigenvalue weighted by Crippen LogP contribution is -2.47. The van der Waals surface area contributed by atoms with Crippen LogP contribution in [0, 0.1) is 5.92 Å². The van der Waals surface area contributed by atoms with Gasteiger partial charge in [-0.25, -0.2) is 0 Å². The summed E-state index contributed by atoms with van der Waals surface area (Å²) in [4.78, 5) is 0. The maximum atomic E-state index is 10.7. The third-order valence-electron chi connectivity index (χ3n) is 4.77. The van der Waals surface area contributed by atoms with Gasteiger partial charge < -0.3 is 9.53 Å². The Morgan fingerprint density at radius 1 is 1.28 bits per heavy atom. The van der Waals surface area contributed by atoms with Crippen molar-refractivity contribution >= 4 is 8.32 Å². The molecule has 106 valence electrons. The summed E-state index contributed by atoms with van der Waals surface area (Å²) in [5, 5.41) is 10.9. The number of hydrogen-bond acceptors (Lipinski definition) is 2. The fourth-order valence-corrected chi connectivity index (χ4v) is 3.82. The predicted molar refractivity (Wildman–Crippen MR) is 80.2 cm³/mol. The molecule has 3 heteroatoms. The van der Waals surface area contributed by atoms with E-state index in [0.29, 0.717) is 0 Å². The minimum absolute atomic E-state index is 0.169. The highest BCUT2D eigenvalue weighted by Crippen LogP contribution is 2.59. The van der Waals surface area contributed by atoms with Crippen LogP contribution in [0.3, 0.4) is 0 Å². The number of aliphatic hydroxyl groups is 1. The standard InChI is InChI=1S/C15H30O2Si/c1-9-10-14(11-15(14,16)12(2)3)17-18(7,8)13(4,5)6/h9-10,12,16H,11H2,1-8H3/b10-9+/t14-,15-/m1/s1. The van der Waals surface area contributed by atoms with Crippen molar-refractivity contribution in [1.82, 2.24) is 0 Å². The smallest absolute Gasteiger partial charge is 0.193 e. The quantitative estimate of drug-likeness (QED) is 0.615. The molecule has 0 unspecified atom stereocenters. The largest absolute Gasteiger partial charge is 0.405 e. The molecule has 1 aliphatic rings. The first kappa shape index (κ1) is 15.9. The zero-order valence-corrected chi connectivity index (χ0v) is 14.3. The Bertz CT molecular complexity index is 341. The second kappa shape index (κ2) is 4.46. The lowest BCUT2D eigenvalue weighted by molar-refractivity contribution is 0.0208. The molecule has 1 fully saturated rings. The first-order valence-electron chi connectivity index (χ1n) is 6.98. The summed E-state index contributed by atoms with van der Waals surface area (Å²) in [5.41, 5.74) is -1.13. The van der Waals surface area contributed by atoms with Crippen LogP contribution in [0.4, 0.5) is 0 Å². The minimum atomic E-state index is -1.86. The van der Waals surface area contributed by atoms with Crippen molar-refractivity contribution in [1.29, 1.82) is 0 Å². The van der Waals surface area contributed by atoms with E-state index in [1.165, 1.54) is 0 Å². The van der Waals surface area contributed by atoms with Gasteiger partial charge >= 0.3 is 0 Å². The van der Waals surface area contributed by atoms with Gasteiger partial charge in [0.05, 0.1) is 0 Å². The first-order valence-corrected chi connectivity index (χ1v) is 9.89. The zero-order valence-electron chi connectivity index (χ0n) is 13.3. The van der Waals surface area contributed by atoms with Crippen LogP contribution < -0.4 is 0 Å². The summed E-state index contributed by atoms with van der Waals surface area (Å²) in [6, 6.07) is 0. The molecule has 0 aromatic heterocycles. The van der Waals surface area contributed by atoms with Crippen molar-refractivity contribution in [2.24, 2.45) is 5.92 Å². The Balaban J connectivity index is 3.00. The summed E-state index contributed by atoms with van der Waals surface area (Å²) in [6.07, 6.45) is 4.80. The summed E-state index contributed by atoms with van der Waals surface area (Å²) in [6.45, 7) is 17.3. The number of rotatable bonds is 4. The highest BCUT2D eigenvalue weighted by Gasteiger charge is 2.70. The first-order chi connectivity index (χ1) is 7.92. The Morgan fingerprint density at radius 3 is 2.06 bits per heavy atom. The Morgan fingerprint density at radius 2 is 1.78 bits per heavy atom. The maximum absolute atomic E-state index is 10.7. The molecule has 1 rings (SSSR count). The van der Waals surface area contributed by atoms with E-state index >= 15 is 0 Å². The molecule has 0 saturated heterocycles. The van der Waals surface area contributed by atoms with Crippen LogP contribution in [0.2, 0.25) is 18.1 Å². The Kier molecular flexibility index (Phi) is 3.95. The van der Waals surface area contributed by atoms with Crippen molar-refractivity contribution in [3.8, 4) is 0 Å². The molecule has 0 bridgehead atoms. The fraction of sp³-hybridized carbons (Fsp3) is 0.867. The third-order valence-corrected chi connectivity index (χ3v) is 9.26. The molecule has 2 nitrogen and oxygen atoms in total. The van der Waals surface area contributed by atoms with Crippen molar-refractivity contribution < 1.29 is 9.53 Å². The van der Waals surface area contributed by atoms with E-state index in [1.54, 1.807) is 0 Å². The molecule has 0 aromatic rings. The normalized spacial score (nSPS) is 33.4. The van der Waals surface area contributed by atoms with Crippen molar-refractivity contribution in [3.05, 3.63) is 12.2 Å². The molecule has 18 heavy (non-hydrogen) atoms. The summed E-state index contributed by atoms with van der Waals surface area (Å²) < 4.78 is 6.52. The number of allylic oxidation sites excluding steroid dienone is 1. The van der Waals surface area contributed by atoms with E-state index in [4.69, 9.17) is 4.43 Å². The van der Waals surface area contributed by atoms with Gasteiger partial charge in [-0.15, -0.1) is 0 Å². The van der Waals surface area contributed by atoms with Gasteiger partial charge in [0.15, 0.2) is 8.32 Å². The van der Waals surface area contributed by atoms with Crippen LogP contribution in [0.25, 0.3) is 0 Å². The van der Waals surface area contributed by atoms with Gasteiger partial charge in [-0.3, -0.25) is 0 Å². The second-order valence-electron chi connectivity index (χ2n) is 7.51. The van der Waals surface area contributed by atoms with E-state index in [1.807, 2.05) is 13.0 Å². The molecular weight excluding hydrogens is 240 g/mol. The monoisotopic (exact) mass is 270 g/mol. The molecule has 1 aliphatic carbocycles. The second-order valence-corrected chi connectivity index (χ2v) is 12.2. The molecule has 0 spiro atoms. The van der Waals surface area contributed by atoms with E-state index in [-0.39, 0.29) is 11.0 Å². The van der Waals surface area contributed by atoms with Crippen LogP contribution in [-0.4, -0.2) is 24.6 Å². The summed E-state index contributed by atoms with van der Waals surface area (Å²) >= 11 is 0. The van der Waals surface area contributed by atoms with Gasteiger partial charge in [0.2, 0.25) is 0 Å². The van der Waals surface area contributed by atoms with Crippen LogP contribution in [0.15, 0.2) is 12.2 Å². The highest BCUT2D eigenvalue weighted by atomic mass is 28.4. The van der Waals surface area contributed by atoms with Gasteiger partial charge in [0.1, 0.15) is 11.2 Å². The van der Waals surface area contributed by atoms with Crippen molar-refractivity contribution in [2.45, 2.75) is 77.3 Å². The van der Waals surface area contributed by atoms with Gasteiger partial charge in [0, 0.05) is 6.42 Å². The SMILES string of the molecule is C/C=C/[C@@]1(O[Si](C)(C)C(C)(C)C)C[C@@]1(O)C(C)C. The van der Waals surface area contributed by atoms with Gasteiger partial charge in [-0.2, -0.15) is 0 Å². The molecule has 0 radical (unpaired) electrons. The Labute approximate surface area is 114 Å². The number of hydrogen-bond donors (Lipinski definition) is 1. The lowest BCUT2D eigenvalue weighted by atomic mass is 10.0. The molecule has 1 saturated carbocycles. The van der Waals surface area contributed by atoms with Crippen LogP contribution >= 0.6 is 0 Å². The van der Waals surface area contributed by atoms with Crippen LogP contribution in [0.5, 0.6) is 0 Å². The molecule has 0 amide bonds. The van der Waals surface area contributed by atoms with E-state index in [9.17, 15) is 5.11 Å². The lowest BCUT2D eigenvalue weighted by Gasteiger charge is -2.40. The van der Waals surface area contributed by atoms with Crippen LogP contribution in [-0.2, 0) is 4.43 Å². The average molecular weight is 270 g/mol. The average Bonchev–Trinajstić information content (AvgIpc) is 2.69. The van der Waals surface area contributed by atoms with Crippen molar-refractivity contribution in [2.75, 3.05) is 0 Å². The topological polar surface area (TPSA) is 29.5 Å². The van der Waals surface area contributed by atoms with E-state index in [0.717, 1.165) is 6.42 Å². The molecule has 2 atom stereocenters. The zero-order chi connectivity index (χ0) is 14.4. The van der Waals surface area contributed by atoms with Crippen molar-refractivity contribution in [3.63, 3.8) is 0 Å². The van der Waals surface area contributed by atoms with Crippen LogP contribution in [0.1, 0.15) is 48.0 Å². The molecule has 0 heterocycles. The fourth-order valence-electron chi connectivity index (χ4n) is 2.29. The summed E-state index contributed by atoms with van der Waals surface area (Å²) in [7, 11) is -1.86. The minimum Gasteiger partial charge on any atom is -0.405 e. The molecule has 0 aliphatic heterocycles. The van der Waals surface area contributed by atoms with E-state index in [2.05, 4.69) is 53.8 Å². The highest BCUT2D eigenvalue weighted by molar-refractivity contribution is 6.74. The Hall–Kier alpha value is -0.123. The van der Waals surface area contributed by atoms with Gasteiger partial charge in [-0.05, 0) is 31.0 Å². The summed E-state index contributed by atoms with van der Waals surface area (Å²) in [5.74, 6) is 0.221. The maximum Gasteiger partial charge on any atom is 0.193 e. The third kappa shape index (κ3) is 2.45. The van der Waals surface area contributed by atoms with Gasteiger partial charge in [-0.1, -0.05) is 46.8 Å². The predicted octanol–water partition coefficient (Wildman–Crippen LogP) is 4.11.